The molecule has 4 nitrogen and oxygen atoms in total. The molecule has 2 aromatic carbocycles. The van der Waals surface area contributed by atoms with Crippen molar-refractivity contribution in [3.05, 3.63) is 59.7 Å². The van der Waals surface area contributed by atoms with Gasteiger partial charge in [0.15, 0.2) is 0 Å². The molecule has 6 heteroatoms. The molecule has 4 rings (SSSR count). The van der Waals surface area contributed by atoms with Gasteiger partial charge < -0.3 is 9.47 Å². The number of benzene rings is 2. The maximum absolute atomic E-state index is 5.84. The largest absolute Gasteiger partial charge is 0.478 e. The first kappa shape index (κ1) is 19.0. The van der Waals surface area contributed by atoms with Crippen LogP contribution in [0.1, 0.15) is 17.5 Å². The highest BCUT2D eigenvalue weighted by atomic mass is 32.1. The fraction of sp³-hybridized carbons (Fsp3) is 0.429. The van der Waals surface area contributed by atoms with Crippen molar-refractivity contribution < 1.29 is 9.47 Å². The lowest BCUT2D eigenvalue weighted by molar-refractivity contribution is 0.0892. The minimum Gasteiger partial charge on any atom is -0.478 e. The van der Waals surface area contributed by atoms with Crippen molar-refractivity contribution in [1.29, 1.82) is 0 Å². The van der Waals surface area contributed by atoms with Gasteiger partial charge in [-0.2, -0.15) is 25.3 Å². The summed E-state index contributed by atoms with van der Waals surface area (Å²) in [7, 11) is 0. The van der Waals surface area contributed by atoms with Gasteiger partial charge in [-0.05, 0) is 18.6 Å². The quantitative estimate of drug-likeness (QED) is 0.720. The van der Waals surface area contributed by atoms with E-state index in [-0.39, 0.29) is 10.5 Å². The van der Waals surface area contributed by atoms with E-state index in [4.69, 9.17) is 34.7 Å². The number of thiol groups is 2. The maximum Gasteiger partial charge on any atom is 0.142 e. The molecule has 27 heavy (non-hydrogen) atoms. The Bertz CT molecular complexity index is 710. The van der Waals surface area contributed by atoms with Gasteiger partial charge in [0.1, 0.15) is 25.0 Å². The van der Waals surface area contributed by atoms with Crippen LogP contribution >= 0.6 is 25.3 Å². The molecule has 144 valence electrons. The molecule has 0 spiro atoms. The lowest BCUT2D eigenvalue weighted by Crippen LogP contribution is -2.39. The lowest BCUT2D eigenvalue weighted by Gasteiger charge is -2.33. The van der Waals surface area contributed by atoms with Crippen LogP contribution in [0.15, 0.2) is 48.5 Å². The maximum atomic E-state index is 5.84. The SMILES string of the molecule is SC(CC(S)CN1COc2ccccc2C1)CN1COc2ccccc2C1. The summed E-state index contributed by atoms with van der Waals surface area (Å²) in [6, 6.07) is 16.5. The Hall–Kier alpha value is -1.34. The van der Waals surface area contributed by atoms with Crippen molar-refractivity contribution in [3.63, 3.8) is 0 Å². The minimum atomic E-state index is 0.263. The van der Waals surface area contributed by atoms with E-state index in [1.54, 1.807) is 0 Å². The van der Waals surface area contributed by atoms with Crippen LogP contribution in [0.2, 0.25) is 0 Å². The molecule has 2 atom stereocenters. The van der Waals surface area contributed by atoms with E-state index in [2.05, 4.69) is 34.1 Å². The topological polar surface area (TPSA) is 24.9 Å². The highest BCUT2D eigenvalue weighted by Gasteiger charge is 2.23. The van der Waals surface area contributed by atoms with Gasteiger partial charge >= 0.3 is 0 Å². The molecule has 2 aliphatic rings. The molecule has 0 radical (unpaired) electrons. The molecule has 0 fully saturated rings. The first-order chi connectivity index (χ1) is 13.2. The van der Waals surface area contributed by atoms with Gasteiger partial charge in [-0.25, -0.2) is 0 Å². The molecule has 0 aromatic heterocycles. The van der Waals surface area contributed by atoms with E-state index in [0.717, 1.165) is 44.1 Å². The number of para-hydroxylation sites is 2. The average Bonchev–Trinajstić information content (AvgIpc) is 2.67. The fourth-order valence-electron chi connectivity index (χ4n) is 3.74. The summed E-state index contributed by atoms with van der Waals surface area (Å²) in [6.07, 6.45) is 0.947. The van der Waals surface area contributed by atoms with E-state index in [9.17, 15) is 0 Å². The molecule has 0 saturated heterocycles. The summed E-state index contributed by atoms with van der Waals surface area (Å²) in [4.78, 5) is 4.61. The number of hydrogen-bond acceptors (Lipinski definition) is 6. The Morgan fingerprint density at radius 3 is 1.67 bits per heavy atom. The predicted octanol–water partition coefficient (Wildman–Crippen LogP) is 3.68. The molecular weight excluding hydrogens is 376 g/mol. The van der Waals surface area contributed by atoms with Crippen molar-refractivity contribution in [2.45, 2.75) is 30.0 Å². The number of ether oxygens (including phenoxy) is 2. The average molecular weight is 403 g/mol. The van der Waals surface area contributed by atoms with Crippen LogP contribution in [0, 0.1) is 0 Å². The van der Waals surface area contributed by atoms with Gasteiger partial charge in [0.2, 0.25) is 0 Å². The first-order valence-corrected chi connectivity index (χ1v) is 10.4. The van der Waals surface area contributed by atoms with Crippen LogP contribution in [-0.2, 0) is 13.1 Å². The second-order valence-corrected chi connectivity index (χ2v) is 8.79. The highest BCUT2D eigenvalue weighted by molar-refractivity contribution is 7.82. The molecule has 2 unspecified atom stereocenters. The van der Waals surface area contributed by atoms with Crippen LogP contribution in [0.4, 0.5) is 0 Å². The predicted molar refractivity (Wildman–Crippen MR) is 115 cm³/mol. The van der Waals surface area contributed by atoms with E-state index >= 15 is 0 Å². The Labute approximate surface area is 172 Å². The molecule has 0 saturated carbocycles. The van der Waals surface area contributed by atoms with Crippen molar-refractivity contribution in [2.75, 3.05) is 26.6 Å². The van der Waals surface area contributed by atoms with Gasteiger partial charge in [-0.15, -0.1) is 0 Å². The van der Waals surface area contributed by atoms with Crippen LogP contribution < -0.4 is 9.47 Å². The summed E-state index contributed by atoms with van der Waals surface area (Å²) in [6.45, 7) is 4.88. The second-order valence-electron chi connectivity index (χ2n) is 7.33. The molecule has 0 amide bonds. The molecule has 2 aromatic rings. The van der Waals surface area contributed by atoms with Crippen LogP contribution in [0.25, 0.3) is 0 Å². The number of fused-ring (bicyclic) bond motifs is 2. The highest BCUT2D eigenvalue weighted by Crippen LogP contribution is 2.27. The minimum absolute atomic E-state index is 0.263. The van der Waals surface area contributed by atoms with Gasteiger partial charge in [0.25, 0.3) is 0 Å². The Balaban J connectivity index is 1.24. The van der Waals surface area contributed by atoms with E-state index < -0.39 is 0 Å². The zero-order valence-corrected chi connectivity index (χ0v) is 17.1. The van der Waals surface area contributed by atoms with Gasteiger partial charge in [-0.3, -0.25) is 9.80 Å². The molecule has 0 aliphatic carbocycles. The van der Waals surface area contributed by atoms with Gasteiger partial charge in [0.05, 0.1) is 0 Å². The normalized spacial score (nSPS) is 19.3. The van der Waals surface area contributed by atoms with E-state index in [0.29, 0.717) is 13.5 Å². The third-order valence-corrected chi connectivity index (χ3v) is 5.77. The van der Waals surface area contributed by atoms with Crippen LogP contribution in [-0.4, -0.2) is 46.9 Å². The zero-order chi connectivity index (χ0) is 18.6. The van der Waals surface area contributed by atoms with Crippen molar-refractivity contribution in [1.82, 2.24) is 9.80 Å². The Morgan fingerprint density at radius 1 is 0.741 bits per heavy atom. The first-order valence-electron chi connectivity index (χ1n) is 9.39. The van der Waals surface area contributed by atoms with Crippen LogP contribution in [0.5, 0.6) is 11.5 Å². The third kappa shape index (κ3) is 4.93. The van der Waals surface area contributed by atoms with Crippen molar-refractivity contribution in [2.24, 2.45) is 0 Å². The number of rotatable bonds is 6. The van der Waals surface area contributed by atoms with Crippen molar-refractivity contribution in [3.8, 4) is 11.5 Å². The van der Waals surface area contributed by atoms with Gasteiger partial charge in [-0.1, -0.05) is 36.4 Å². The monoisotopic (exact) mass is 402 g/mol. The smallest absolute Gasteiger partial charge is 0.142 e. The standard InChI is InChI=1S/C21H26N2O2S2/c26-18(12-22-10-16-5-1-3-7-20(16)24-14-22)9-19(27)13-23-11-17-6-2-4-8-21(17)25-15-23/h1-8,18-19,26-27H,9-15H2. The molecule has 0 N–H and O–H groups in total. The zero-order valence-electron chi connectivity index (χ0n) is 15.3. The summed E-state index contributed by atoms with van der Waals surface area (Å²) >= 11 is 9.63. The lowest BCUT2D eigenvalue weighted by atomic mass is 10.1. The Kier molecular flexibility index (Phi) is 6.18. The summed E-state index contributed by atoms with van der Waals surface area (Å²) in [5, 5.41) is 0.527. The number of nitrogens with zero attached hydrogens (tertiary/aromatic N) is 2. The summed E-state index contributed by atoms with van der Waals surface area (Å²) in [5.41, 5.74) is 2.49. The Morgan fingerprint density at radius 2 is 1.19 bits per heavy atom. The summed E-state index contributed by atoms with van der Waals surface area (Å²) in [5.74, 6) is 2.00. The molecule has 2 aliphatic heterocycles. The van der Waals surface area contributed by atoms with E-state index in [1.165, 1.54) is 11.1 Å². The van der Waals surface area contributed by atoms with E-state index in [1.807, 2.05) is 24.3 Å². The second kappa shape index (κ2) is 8.78. The number of hydrogen-bond donors (Lipinski definition) is 2. The molecule has 0 bridgehead atoms. The van der Waals surface area contributed by atoms with Crippen LogP contribution in [0.3, 0.4) is 0 Å². The third-order valence-electron chi connectivity index (χ3n) is 5.02. The summed E-state index contributed by atoms with van der Waals surface area (Å²) < 4.78 is 11.7. The van der Waals surface area contributed by atoms with Crippen molar-refractivity contribution >= 4 is 25.3 Å². The van der Waals surface area contributed by atoms with Gasteiger partial charge in [0, 0.05) is 47.8 Å². The molecular formula is C21H26N2O2S2. The molecule has 2 heterocycles. The fourth-order valence-corrected chi connectivity index (χ4v) is 4.88.